The van der Waals surface area contributed by atoms with Gasteiger partial charge in [0.15, 0.2) is 5.03 Å². The van der Waals surface area contributed by atoms with Crippen molar-refractivity contribution in [2.24, 2.45) is 5.92 Å². The summed E-state index contributed by atoms with van der Waals surface area (Å²) in [7, 11) is -3.47. The molecule has 7 heteroatoms. The van der Waals surface area contributed by atoms with Gasteiger partial charge < -0.3 is 9.67 Å². The lowest BCUT2D eigenvalue weighted by molar-refractivity contribution is 0.117. The van der Waals surface area contributed by atoms with Crippen LogP contribution in [0.25, 0.3) is 0 Å². The number of hydrogen-bond acceptors (Lipinski definition) is 4. The first-order valence-corrected chi connectivity index (χ1v) is 7.07. The molecular formula is C10H17N3O3S. The summed E-state index contributed by atoms with van der Waals surface area (Å²) in [6.07, 6.45) is 1.57. The van der Waals surface area contributed by atoms with Gasteiger partial charge >= 0.3 is 0 Å². The van der Waals surface area contributed by atoms with Gasteiger partial charge in [-0.05, 0) is 13.8 Å². The van der Waals surface area contributed by atoms with Crippen LogP contribution in [0.2, 0.25) is 0 Å². The molecular weight excluding hydrogens is 242 g/mol. The van der Waals surface area contributed by atoms with Crippen molar-refractivity contribution in [3.05, 3.63) is 12.0 Å². The number of aliphatic hydroxyl groups is 1. The summed E-state index contributed by atoms with van der Waals surface area (Å²) in [5, 5.41) is 8.99. The number of aryl methyl sites for hydroxylation is 2. The zero-order valence-corrected chi connectivity index (χ0v) is 10.8. The van der Waals surface area contributed by atoms with Crippen molar-refractivity contribution in [1.29, 1.82) is 0 Å². The number of aromatic nitrogens is 2. The average molecular weight is 259 g/mol. The lowest BCUT2D eigenvalue weighted by Gasteiger charge is -2.36. The second-order valence-corrected chi connectivity index (χ2v) is 6.17. The number of imidazole rings is 1. The third kappa shape index (κ3) is 2.10. The van der Waals surface area contributed by atoms with Crippen LogP contribution in [0.4, 0.5) is 0 Å². The molecule has 2 rings (SSSR count). The molecule has 0 spiro atoms. The van der Waals surface area contributed by atoms with Crippen LogP contribution in [0.3, 0.4) is 0 Å². The minimum absolute atomic E-state index is 0.0362. The van der Waals surface area contributed by atoms with E-state index in [-0.39, 0.29) is 17.6 Å². The van der Waals surface area contributed by atoms with E-state index in [1.807, 2.05) is 6.92 Å². The molecule has 1 saturated heterocycles. The van der Waals surface area contributed by atoms with Crippen LogP contribution in [0.15, 0.2) is 11.2 Å². The fraction of sp³-hybridized carbons (Fsp3) is 0.700. The third-order valence-electron chi connectivity index (χ3n) is 3.08. The molecule has 0 radical (unpaired) electrons. The Bertz CT molecular complexity index is 503. The predicted octanol–water partition coefficient (Wildman–Crippen LogP) is -0.176. The van der Waals surface area contributed by atoms with Crippen molar-refractivity contribution in [2.45, 2.75) is 25.4 Å². The fourth-order valence-corrected chi connectivity index (χ4v) is 3.48. The standard InChI is InChI=1S/C10H17N3O3S/c1-3-12-6-10(11-8(12)2)17(15,16)13-4-9(5-13)7-14/h6,9,14H,3-5,7H2,1-2H3. The van der Waals surface area contributed by atoms with Gasteiger partial charge in [0.2, 0.25) is 0 Å². The second-order valence-electron chi connectivity index (χ2n) is 4.28. The highest BCUT2D eigenvalue weighted by Gasteiger charge is 2.37. The van der Waals surface area contributed by atoms with Gasteiger partial charge in [-0.2, -0.15) is 4.31 Å². The first kappa shape index (κ1) is 12.5. The van der Waals surface area contributed by atoms with Crippen molar-refractivity contribution in [2.75, 3.05) is 19.7 Å². The monoisotopic (exact) mass is 259 g/mol. The lowest BCUT2D eigenvalue weighted by atomic mass is 10.1. The molecule has 1 fully saturated rings. The Kier molecular flexibility index (Phi) is 3.24. The molecule has 1 aliphatic heterocycles. The minimum Gasteiger partial charge on any atom is -0.396 e. The smallest absolute Gasteiger partial charge is 0.262 e. The average Bonchev–Trinajstić information content (AvgIpc) is 2.58. The zero-order valence-electron chi connectivity index (χ0n) is 10.00. The van der Waals surface area contributed by atoms with Crippen LogP contribution in [-0.2, 0) is 16.6 Å². The first-order valence-electron chi connectivity index (χ1n) is 5.63. The van der Waals surface area contributed by atoms with E-state index >= 15 is 0 Å². The van der Waals surface area contributed by atoms with Crippen LogP contribution in [0.1, 0.15) is 12.7 Å². The van der Waals surface area contributed by atoms with Gasteiger partial charge in [-0.25, -0.2) is 13.4 Å². The van der Waals surface area contributed by atoms with Crippen molar-refractivity contribution in [1.82, 2.24) is 13.9 Å². The maximum atomic E-state index is 12.1. The normalized spacial score (nSPS) is 18.3. The number of hydrogen-bond donors (Lipinski definition) is 1. The van der Waals surface area contributed by atoms with Crippen molar-refractivity contribution in [3.8, 4) is 0 Å². The molecule has 0 saturated carbocycles. The summed E-state index contributed by atoms with van der Waals surface area (Å²) in [5.41, 5.74) is 0. The lowest BCUT2D eigenvalue weighted by Crippen LogP contribution is -2.51. The molecule has 0 aliphatic carbocycles. The predicted molar refractivity (Wildman–Crippen MR) is 62.0 cm³/mol. The quantitative estimate of drug-likeness (QED) is 0.814. The van der Waals surface area contributed by atoms with E-state index in [0.717, 1.165) is 0 Å². The number of aliphatic hydroxyl groups excluding tert-OH is 1. The molecule has 1 N–H and O–H groups in total. The highest BCUT2D eigenvalue weighted by molar-refractivity contribution is 7.89. The van der Waals surface area contributed by atoms with Gasteiger partial charge in [0, 0.05) is 38.4 Å². The molecule has 0 atom stereocenters. The maximum absolute atomic E-state index is 12.1. The Morgan fingerprint density at radius 3 is 2.65 bits per heavy atom. The Balaban J connectivity index is 2.21. The molecule has 1 aromatic rings. The Morgan fingerprint density at radius 2 is 2.18 bits per heavy atom. The van der Waals surface area contributed by atoms with Crippen molar-refractivity contribution >= 4 is 10.0 Å². The Hall–Kier alpha value is -0.920. The van der Waals surface area contributed by atoms with Crippen LogP contribution in [0, 0.1) is 12.8 Å². The van der Waals surface area contributed by atoms with Crippen molar-refractivity contribution < 1.29 is 13.5 Å². The van der Waals surface area contributed by atoms with E-state index in [2.05, 4.69) is 4.98 Å². The second kappa shape index (κ2) is 4.40. The largest absolute Gasteiger partial charge is 0.396 e. The molecule has 96 valence electrons. The van der Waals surface area contributed by atoms with Gasteiger partial charge in [-0.3, -0.25) is 0 Å². The fourth-order valence-electron chi connectivity index (χ4n) is 1.89. The Labute approximate surface area is 101 Å². The number of rotatable bonds is 4. The van der Waals surface area contributed by atoms with Crippen LogP contribution in [-0.4, -0.2) is 47.1 Å². The molecule has 17 heavy (non-hydrogen) atoms. The Morgan fingerprint density at radius 1 is 1.53 bits per heavy atom. The summed E-state index contributed by atoms with van der Waals surface area (Å²) < 4.78 is 27.4. The summed E-state index contributed by atoms with van der Waals surface area (Å²) >= 11 is 0. The minimum atomic E-state index is -3.47. The van der Waals surface area contributed by atoms with Gasteiger partial charge in [-0.1, -0.05) is 0 Å². The van der Waals surface area contributed by atoms with Gasteiger partial charge in [0.1, 0.15) is 5.82 Å². The SMILES string of the molecule is CCn1cc(S(=O)(=O)N2CC(CO)C2)nc1C. The number of nitrogens with zero attached hydrogens (tertiary/aromatic N) is 3. The highest BCUT2D eigenvalue weighted by atomic mass is 32.2. The van der Waals surface area contributed by atoms with Gasteiger partial charge in [0.05, 0.1) is 0 Å². The molecule has 0 amide bonds. The highest BCUT2D eigenvalue weighted by Crippen LogP contribution is 2.24. The molecule has 0 bridgehead atoms. The maximum Gasteiger partial charge on any atom is 0.262 e. The summed E-state index contributed by atoms with van der Waals surface area (Å²) in [5.74, 6) is 0.768. The van der Waals surface area contributed by atoms with E-state index < -0.39 is 10.0 Å². The van der Waals surface area contributed by atoms with Crippen LogP contribution in [0.5, 0.6) is 0 Å². The van der Waals surface area contributed by atoms with E-state index in [0.29, 0.717) is 25.5 Å². The first-order chi connectivity index (χ1) is 7.98. The van der Waals surface area contributed by atoms with E-state index in [1.165, 1.54) is 4.31 Å². The molecule has 0 aromatic carbocycles. The topological polar surface area (TPSA) is 75.4 Å². The molecule has 0 unspecified atom stereocenters. The van der Waals surface area contributed by atoms with E-state index in [9.17, 15) is 8.42 Å². The van der Waals surface area contributed by atoms with Crippen LogP contribution < -0.4 is 0 Å². The van der Waals surface area contributed by atoms with Gasteiger partial charge in [0.25, 0.3) is 10.0 Å². The zero-order chi connectivity index (χ0) is 12.6. The summed E-state index contributed by atoms with van der Waals surface area (Å²) in [6.45, 7) is 5.24. The van der Waals surface area contributed by atoms with E-state index in [4.69, 9.17) is 5.11 Å². The molecule has 2 heterocycles. The third-order valence-corrected chi connectivity index (χ3v) is 4.78. The molecule has 1 aliphatic rings. The summed E-state index contributed by atoms with van der Waals surface area (Å²) in [6, 6.07) is 0. The molecule has 6 nitrogen and oxygen atoms in total. The van der Waals surface area contributed by atoms with Crippen molar-refractivity contribution in [3.63, 3.8) is 0 Å². The summed E-state index contributed by atoms with van der Waals surface area (Å²) in [4.78, 5) is 4.08. The van der Waals surface area contributed by atoms with Crippen LogP contribution >= 0.6 is 0 Å². The number of sulfonamides is 1. The van der Waals surface area contributed by atoms with Gasteiger partial charge in [-0.15, -0.1) is 0 Å². The molecule has 1 aromatic heterocycles. The van der Waals surface area contributed by atoms with E-state index in [1.54, 1.807) is 17.7 Å².